The van der Waals surface area contributed by atoms with E-state index >= 15 is 0 Å². The molecule has 0 bridgehead atoms. The number of nitrogens with one attached hydrogen (secondary N) is 1. The zero-order chi connectivity index (χ0) is 23.6. The molecule has 5 rings (SSSR count). The third-order valence-electron chi connectivity index (χ3n) is 6.29. The fourth-order valence-corrected chi connectivity index (χ4v) is 5.73. The molecule has 33 heavy (non-hydrogen) atoms. The molecule has 2 aliphatic carbocycles. The largest absolute Gasteiger partial charge is 0.501 e. The summed E-state index contributed by atoms with van der Waals surface area (Å²) in [6.07, 6.45) is 8.87. The van der Waals surface area contributed by atoms with Gasteiger partial charge in [0.25, 0.3) is 0 Å². The molecule has 0 spiro atoms. The van der Waals surface area contributed by atoms with Crippen LogP contribution in [0.5, 0.6) is 0 Å². The molecular weight excluding hydrogens is 453 g/mol. The number of aromatic nitrogens is 2. The number of nitrogens with zero attached hydrogens (tertiary/aromatic N) is 4. The molecule has 1 N–H and O–H groups in total. The highest BCUT2D eigenvalue weighted by Gasteiger charge is 2.51. The lowest BCUT2D eigenvalue weighted by atomic mass is 9.97. The van der Waals surface area contributed by atoms with Crippen LogP contribution in [0, 0.1) is 0 Å². The van der Waals surface area contributed by atoms with Gasteiger partial charge in [-0.15, -0.1) is 0 Å². The van der Waals surface area contributed by atoms with Gasteiger partial charge in [-0.05, 0) is 31.9 Å². The second-order valence-corrected chi connectivity index (χ2v) is 11.3. The van der Waals surface area contributed by atoms with Crippen molar-refractivity contribution >= 4 is 27.7 Å². The summed E-state index contributed by atoms with van der Waals surface area (Å²) in [4.78, 5) is 27.6. The highest BCUT2D eigenvalue weighted by Crippen LogP contribution is 2.36. The maximum Gasteiger partial charge on any atom is 0.501 e. The quantitative estimate of drug-likeness (QED) is 0.568. The van der Waals surface area contributed by atoms with Crippen molar-refractivity contribution in [2.45, 2.75) is 42.8 Å². The number of allylic oxidation sites excluding steroid dienone is 1. The van der Waals surface area contributed by atoms with E-state index in [-0.39, 0.29) is 37.6 Å². The lowest BCUT2D eigenvalue weighted by molar-refractivity contribution is -0.465. The van der Waals surface area contributed by atoms with Crippen molar-refractivity contribution in [2.75, 3.05) is 19.8 Å². The Bertz CT molecular complexity index is 1240. The van der Waals surface area contributed by atoms with E-state index in [1.807, 2.05) is 6.92 Å². The molecule has 3 heterocycles. The molecule has 4 aliphatic rings. The minimum absolute atomic E-state index is 0.0566. The zero-order valence-corrected chi connectivity index (χ0v) is 19.1. The van der Waals surface area contributed by atoms with Crippen molar-refractivity contribution in [3.63, 3.8) is 0 Å². The van der Waals surface area contributed by atoms with Gasteiger partial charge in [0.2, 0.25) is 10.0 Å². The number of aryl methyl sites for hydroxylation is 1. The summed E-state index contributed by atoms with van der Waals surface area (Å²) in [7, 11) is -2.08. The van der Waals surface area contributed by atoms with E-state index in [2.05, 4.69) is 9.82 Å². The normalized spacial score (nSPS) is 25.6. The first-order valence-corrected chi connectivity index (χ1v) is 12.2. The fraction of sp³-hybridized carbons (Fsp3) is 0.524. The van der Waals surface area contributed by atoms with Crippen LogP contribution < -0.4 is 4.72 Å². The van der Waals surface area contributed by atoms with Crippen LogP contribution in [-0.4, -0.2) is 81.5 Å². The average Bonchev–Trinajstić information content (AvgIpc) is 3.30. The number of urea groups is 1. The molecule has 176 valence electrons. The van der Waals surface area contributed by atoms with E-state index in [1.54, 1.807) is 17.9 Å². The van der Waals surface area contributed by atoms with Crippen LogP contribution in [0.1, 0.15) is 25.3 Å². The number of carbonyl (C=O) groups is 2. The van der Waals surface area contributed by atoms with Crippen molar-refractivity contribution in [1.82, 2.24) is 19.4 Å². The minimum atomic E-state index is -3.79. The van der Waals surface area contributed by atoms with Crippen LogP contribution in [0.15, 0.2) is 36.2 Å². The Morgan fingerprint density at radius 2 is 2.06 bits per heavy atom. The Labute approximate surface area is 190 Å². The van der Waals surface area contributed by atoms with Gasteiger partial charge in [-0.3, -0.25) is 4.68 Å². The summed E-state index contributed by atoms with van der Waals surface area (Å²) in [5, 5.41) is 2.97. The third kappa shape index (κ3) is 4.06. The van der Waals surface area contributed by atoms with Crippen LogP contribution in [0.25, 0.3) is 0 Å². The number of rotatable bonds is 7. The smallest absolute Gasteiger partial charge is 0.374 e. The van der Waals surface area contributed by atoms with Crippen LogP contribution >= 0.6 is 0 Å². The van der Waals surface area contributed by atoms with Crippen LogP contribution in [0.3, 0.4) is 0 Å². The summed E-state index contributed by atoms with van der Waals surface area (Å²) in [5.74, 6) is -0.630. The lowest BCUT2D eigenvalue weighted by Gasteiger charge is -2.34. The molecule has 0 aromatic carbocycles. The topological polar surface area (TPSA) is 114 Å². The molecule has 1 saturated carbocycles. The third-order valence-corrected chi connectivity index (χ3v) is 8.07. The second-order valence-electron chi connectivity index (χ2n) is 9.42. The van der Waals surface area contributed by atoms with Gasteiger partial charge in [0.05, 0.1) is 19.4 Å². The van der Waals surface area contributed by atoms with Crippen molar-refractivity contribution in [2.24, 2.45) is 7.05 Å². The molecule has 1 unspecified atom stereocenters. The number of hydrogen-bond acceptors (Lipinski definition) is 6. The van der Waals surface area contributed by atoms with E-state index < -0.39 is 38.4 Å². The number of ether oxygens (including phenoxy) is 1. The van der Waals surface area contributed by atoms with Crippen molar-refractivity contribution in [3.8, 4) is 0 Å². The van der Waals surface area contributed by atoms with Crippen LogP contribution in [-0.2, 0) is 33.1 Å². The Morgan fingerprint density at radius 1 is 1.33 bits per heavy atom. The van der Waals surface area contributed by atoms with Crippen molar-refractivity contribution < 1.29 is 31.7 Å². The first-order chi connectivity index (χ1) is 15.5. The van der Waals surface area contributed by atoms with Gasteiger partial charge in [-0.25, -0.2) is 22.3 Å². The van der Waals surface area contributed by atoms with Gasteiger partial charge in [-0.1, -0.05) is 6.08 Å². The van der Waals surface area contributed by atoms with E-state index in [4.69, 9.17) is 4.74 Å². The van der Waals surface area contributed by atoms with Crippen molar-refractivity contribution in [3.05, 3.63) is 41.8 Å². The molecule has 10 nitrogen and oxygen atoms in total. The summed E-state index contributed by atoms with van der Waals surface area (Å²) in [6, 6.07) is -0.672. The summed E-state index contributed by atoms with van der Waals surface area (Å²) >= 11 is 0. The Balaban J connectivity index is 1.53. The van der Waals surface area contributed by atoms with Crippen LogP contribution in [0.2, 0.25) is 0 Å². The van der Waals surface area contributed by atoms with Gasteiger partial charge < -0.3 is 4.74 Å². The number of hydrogen-bond donors (Lipinski definition) is 1. The molecule has 1 aromatic rings. The summed E-state index contributed by atoms with van der Waals surface area (Å²) < 4.78 is 51.2. The van der Waals surface area contributed by atoms with Gasteiger partial charge in [0, 0.05) is 24.3 Å². The maximum absolute atomic E-state index is 14.9. The molecule has 0 radical (unpaired) electrons. The Kier molecular flexibility index (Phi) is 4.96. The maximum atomic E-state index is 14.9. The molecular formula is C21H25FN5O5S+. The SMILES string of the molecule is Cn1cc(CN2C(=O)C3=CC(S(=O)(=O)NC4(C)CC4)C=CC3=[N+](CC3(F)COC3)C2=O)cn1. The predicted octanol–water partition coefficient (Wildman–Crippen LogP) is 0.411. The van der Waals surface area contributed by atoms with Gasteiger partial charge in [0.15, 0.2) is 5.67 Å². The Hall–Kier alpha value is -2.70. The number of fused-ring (bicyclic) bond motifs is 1. The standard InChI is InChI=1S/C21H25FN5O5S/c1-20(5-6-20)24-33(30,31)15-3-4-17-16(7-15)18(28)26(10-14-8-23-25(2)9-14)19(29)27(17)11-21(22)12-32-13-21/h3-4,7-9,15,24H,5-6,10-13H2,1-2H3/q+1. The highest BCUT2D eigenvalue weighted by atomic mass is 32.2. The first-order valence-electron chi connectivity index (χ1n) is 10.7. The van der Waals surface area contributed by atoms with E-state index in [9.17, 15) is 22.4 Å². The fourth-order valence-electron chi connectivity index (χ4n) is 4.10. The molecule has 12 heteroatoms. The highest BCUT2D eigenvalue weighted by molar-refractivity contribution is 7.90. The van der Waals surface area contributed by atoms with E-state index in [0.29, 0.717) is 5.56 Å². The summed E-state index contributed by atoms with van der Waals surface area (Å²) in [5.41, 5.74) is -1.33. The number of carbonyl (C=O) groups excluding carboxylic acids is 2. The first kappa shape index (κ1) is 22.1. The van der Waals surface area contributed by atoms with Gasteiger partial charge in [-0.2, -0.15) is 19.4 Å². The van der Waals surface area contributed by atoms with Crippen LogP contribution in [0.4, 0.5) is 9.18 Å². The molecule has 1 saturated heterocycles. The van der Waals surface area contributed by atoms with Gasteiger partial charge >= 0.3 is 11.9 Å². The second kappa shape index (κ2) is 7.40. The summed E-state index contributed by atoms with van der Waals surface area (Å²) in [6.45, 7) is 1.16. The number of alkyl halides is 1. The van der Waals surface area contributed by atoms with E-state index in [1.165, 1.54) is 29.0 Å². The number of halogens is 1. The predicted molar refractivity (Wildman–Crippen MR) is 115 cm³/mol. The monoisotopic (exact) mass is 478 g/mol. The lowest BCUT2D eigenvalue weighted by Crippen LogP contribution is -2.58. The molecule has 2 aliphatic heterocycles. The number of amides is 3. The Morgan fingerprint density at radius 3 is 2.64 bits per heavy atom. The number of imide groups is 1. The van der Waals surface area contributed by atoms with Crippen molar-refractivity contribution in [1.29, 1.82) is 0 Å². The molecule has 1 aromatic heterocycles. The zero-order valence-electron chi connectivity index (χ0n) is 18.3. The minimum Gasteiger partial charge on any atom is -0.374 e. The van der Waals surface area contributed by atoms with E-state index in [0.717, 1.165) is 17.7 Å². The van der Waals surface area contributed by atoms with Gasteiger partial charge in [0.1, 0.15) is 29.6 Å². The molecule has 1 atom stereocenters. The molecule has 2 fully saturated rings. The average molecular weight is 479 g/mol. The molecule has 3 amide bonds. The number of sulfonamides is 1.